The maximum Gasteiger partial charge on any atom is 0.412 e. The summed E-state index contributed by atoms with van der Waals surface area (Å²) in [7, 11) is 0. The van der Waals surface area contributed by atoms with Crippen LogP contribution in [-0.4, -0.2) is 54.8 Å². The van der Waals surface area contributed by atoms with Crippen LogP contribution < -0.4 is 15.4 Å². The minimum absolute atomic E-state index is 0.0410. The van der Waals surface area contributed by atoms with Crippen molar-refractivity contribution < 1.29 is 37.6 Å². The number of thiophene rings is 1. The Labute approximate surface area is 236 Å². The third kappa shape index (κ3) is 4.82. The van der Waals surface area contributed by atoms with E-state index in [1.807, 2.05) is 11.4 Å². The molecule has 1 aromatic heterocycles. The van der Waals surface area contributed by atoms with Crippen LogP contribution in [0, 0.1) is 28.8 Å². The number of nitrogens with zero attached hydrogens (tertiary/aromatic N) is 2. The fourth-order valence-electron chi connectivity index (χ4n) is 5.01. The van der Waals surface area contributed by atoms with Gasteiger partial charge in [-0.15, -0.1) is 11.3 Å². The zero-order chi connectivity index (χ0) is 28.9. The second-order valence-corrected chi connectivity index (χ2v) is 11.9. The van der Waals surface area contributed by atoms with Gasteiger partial charge in [0.05, 0.1) is 47.6 Å². The lowest BCUT2D eigenvalue weighted by Gasteiger charge is -2.36. The Hall–Kier alpha value is -3.53. The van der Waals surface area contributed by atoms with Gasteiger partial charge in [0, 0.05) is 17.4 Å². The number of piperazine rings is 1. The van der Waals surface area contributed by atoms with Crippen LogP contribution in [-0.2, 0) is 4.74 Å². The van der Waals surface area contributed by atoms with Crippen LogP contribution in [0.25, 0.3) is 21.2 Å². The third-order valence-corrected chi connectivity index (χ3v) is 8.16. The zero-order valence-electron chi connectivity index (χ0n) is 21.8. The number of fused-ring (bicyclic) bond motifs is 3. The topological polar surface area (TPSA) is 108 Å². The minimum atomic E-state index is -1.45. The number of quaternary nitrogens is 1. The van der Waals surface area contributed by atoms with Crippen molar-refractivity contribution in [2.45, 2.75) is 38.8 Å². The van der Waals surface area contributed by atoms with Gasteiger partial charge in [-0.3, -0.25) is 10.1 Å². The zero-order valence-corrected chi connectivity index (χ0v) is 23.4. The van der Waals surface area contributed by atoms with Gasteiger partial charge in [0.15, 0.2) is 17.4 Å². The maximum atomic E-state index is 15.9. The van der Waals surface area contributed by atoms with Crippen molar-refractivity contribution in [2.24, 2.45) is 0 Å². The molecule has 1 saturated heterocycles. The molecular weight excluding hydrogens is 569 g/mol. The molecule has 40 heavy (non-hydrogen) atoms. The lowest BCUT2D eigenvalue weighted by atomic mass is 9.95. The summed E-state index contributed by atoms with van der Waals surface area (Å²) in [5.74, 6) is -4.68. The molecule has 0 bridgehead atoms. The highest BCUT2D eigenvalue weighted by molar-refractivity contribution is 7.23. The molecule has 3 aromatic rings. The highest BCUT2D eigenvalue weighted by Gasteiger charge is 2.38. The predicted molar refractivity (Wildman–Crippen MR) is 143 cm³/mol. The van der Waals surface area contributed by atoms with Gasteiger partial charge in [0.1, 0.15) is 28.1 Å². The number of anilines is 1. The number of benzene rings is 2. The van der Waals surface area contributed by atoms with Crippen LogP contribution >= 0.6 is 22.9 Å². The number of nitrogens with one attached hydrogen (secondary N) is 1. The molecule has 13 heteroatoms. The van der Waals surface area contributed by atoms with Crippen LogP contribution in [0.4, 0.5) is 23.0 Å². The summed E-state index contributed by atoms with van der Waals surface area (Å²) < 4.78 is 57.5. The average Bonchev–Trinajstić information content (AvgIpc) is 3.25. The SMILES string of the molecule is CC(C)(C)OC(=O)Nc1sc2c(F)ccc(-c3c(F)c(F)c4c(c3Cl)OCC[C@H]3C[NH2+]CCN3C4=O)c2c1C#N. The van der Waals surface area contributed by atoms with Gasteiger partial charge >= 0.3 is 6.09 Å². The molecule has 2 aliphatic rings. The molecule has 0 spiro atoms. The van der Waals surface area contributed by atoms with Crippen LogP contribution in [0.15, 0.2) is 12.1 Å². The molecule has 2 aliphatic heterocycles. The summed E-state index contributed by atoms with van der Waals surface area (Å²) in [6, 6.07) is 3.91. The van der Waals surface area contributed by atoms with Crippen molar-refractivity contribution >= 4 is 50.0 Å². The van der Waals surface area contributed by atoms with Gasteiger partial charge < -0.3 is 19.7 Å². The Morgan fingerprint density at radius 2 is 2.00 bits per heavy atom. The molecule has 3 N–H and O–H groups in total. The van der Waals surface area contributed by atoms with Gasteiger partial charge in [-0.2, -0.15) is 5.26 Å². The first-order chi connectivity index (χ1) is 18.9. The number of ether oxygens (including phenoxy) is 2. The van der Waals surface area contributed by atoms with E-state index in [1.165, 1.54) is 11.0 Å². The number of halogens is 4. The van der Waals surface area contributed by atoms with Gasteiger partial charge in [0.2, 0.25) is 0 Å². The third-order valence-electron chi connectivity index (χ3n) is 6.69. The highest BCUT2D eigenvalue weighted by atomic mass is 35.5. The Morgan fingerprint density at radius 3 is 2.70 bits per heavy atom. The molecule has 0 radical (unpaired) electrons. The standard InChI is InChI=1S/C27H24ClF3N4O4S/c1-27(2,3)39-26(37)34-24-14(10-32)16-13(4-5-15(29)23(16)40-24)17-19(28)22-18(21(31)20(17)30)25(36)35-8-7-33-11-12(35)6-9-38-22/h4-5,12,33H,6-9,11H2,1-3H3,(H,34,37)/p+1/t12-/m0/s1. The largest absolute Gasteiger partial charge is 0.491 e. The smallest absolute Gasteiger partial charge is 0.412 e. The predicted octanol–water partition coefficient (Wildman–Crippen LogP) is 5.03. The maximum absolute atomic E-state index is 15.9. The number of amides is 2. The first-order valence-corrected chi connectivity index (χ1v) is 13.7. The summed E-state index contributed by atoms with van der Waals surface area (Å²) in [6.07, 6.45) is -0.412. The van der Waals surface area contributed by atoms with Crippen molar-refractivity contribution in [3.63, 3.8) is 0 Å². The van der Waals surface area contributed by atoms with Gasteiger partial charge in [0.25, 0.3) is 5.91 Å². The number of nitrogens with two attached hydrogens (primary N) is 1. The van der Waals surface area contributed by atoms with Crippen molar-refractivity contribution in [2.75, 3.05) is 31.6 Å². The van der Waals surface area contributed by atoms with Crippen LogP contribution in [0.1, 0.15) is 43.1 Å². The molecule has 1 atom stereocenters. The quantitative estimate of drug-likeness (QED) is 0.405. The first kappa shape index (κ1) is 28.0. The van der Waals surface area contributed by atoms with Gasteiger partial charge in [-0.05, 0) is 32.4 Å². The van der Waals surface area contributed by atoms with Crippen LogP contribution in [0.2, 0.25) is 5.02 Å². The molecule has 0 unspecified atom stereocenters. The molecule has 5 rings (SSSR count). The van der Waals surface area contributed by atoms with E-state index in [2.05, 4.69) is 5.32 Å². The Bertz CT molecular complexity index is 1600. The summed E-state index contributed by atoms with van der Waals surface area (Å²) in [5.41, 5.74) is -2.23. The fraction of sp³-hybridized carbons (Fsp3) is 0.370. The molecule has 2 aromatic carbocycles. The van der Waals surface area contributed by atoms with E-state index in [4.69, 9.17) is 21.1 Å². The van der Waals surface area contributed by atoms with E-state index in [0.29, 0.717) is 26.1 Å². The van der Waals surface area contributed by atoms with E-state index < -0.39 is 46.2 Å². The molecule has 8 nitrogen and oxygen atoms in total. The summed E-state index contributed by atoms with van der Waals surface area (Å²) in [6.45, 7) is 6.64. The lowest BCUT2D eigenvalue weighted by molar-refractivity contribution is -0.667. The van der Waals surface area contributed by atoms with E-state index >= 15 is 8.78 Å². The number of carbonyl (C=O) groups excluding carboxylic acids is 2. The minimum Gasteiger partial charge on any atom is -0.491 e. The van der Waals surface area contributed by atoms with Crippen molar-refractivity contribution in [3.05, 3.63) is 45.7 Å². The fourth-order valence-corrected chi connectivity index (χ4v) is 6.41. The van der Waals surface area contributed by atoms with Crippen LogP contribution in [0.3, 0.4) is 0 Å². The summed E-state index contributed by atoms with van der Waals surface area (Å²) in [4.78, 5) is 27.3. The van der Waals surface area contributed by atoms with E-state index in [9.17, 15) is 19.2 Å². The highest BCUT2D eigenvalue weighted by Crippen LogP contribution is 2.48. The van der Waals surface area contributed by atoms with E-state index in [1.54, 1.807) is 20.8 Å². The molecular formula is C27H25ClF3N4O4S+. The Kier molecular flexibility index (Phi) is 7.33. The summed E-state index contributed by atoms with van der Waals surface area (Å²) >= 11 is 7.37. The van der Waals surface area contributed by atoms with Gasteiger partial charge in [-0.1, -0.05) is 17.7 Å². The lowest BCUT2D eigenvalue weighted by Crippen LogP contribution is -2.92. The van der Waals surface area contributed by atoms with Gasteiger partial charge in [-0.25, -0.2) is 18.0 Å². The second kappa shape index (κ2) is 10.5. The summed E-state index contributed by atoms with van der Waals surface area (Å²) in [5, 5.41) is 14.0. The van der Waals surface area contributed by atoms with E-state index in [-0.39, 0.29) is 49.6 Å². The number of nitriles is 1. The average molecular weight is 594 g/mol. The van der Waals surface area contributed by atoms with E-state index in [0.717, 1.165) is 17.4 Å². The van der Waals surface area contributed by atoms with Crippen molar-refractivity contribution in [3.8, 4) is 22.9 Å². The molecule has 1 fully saturated rings. The molecule has 2 amide bonds. The Balaban J connectivity index is 1.70. The van der Waals surface area contributed by atoms with Crippen molar-refractivity contribution in [1.82, 2.24) is 4.90 Å². The molecule has 210 valence electrons. The molecule has 0 aliphatic carbocycles. The first-order valence-electron chi connectivity index (χ1n) is 12.5. The normalized spacial score (nSPS) is 17.3. The number of carbonyl (C=O) groups is 2. The number of hydrogen-bond donors (Lipinski definition) is 2. The number of rotatable bonds is 2. The monoisotopic (exact) mass is 593 g/mol. The second-order valence-electron chi connectivity index (χ2n) is 10.5. The Morgan fingerprint density at radius 1 is 1.27 bits per heavy atom. The molecule has 0 saturated carbocycles. The van der Waals surface area contributed by atoms with Crippen LogP contribution in [0.5, 0.6) is 5.75 Å². The molecule has 3 heterocycles. The van der Waals surface area contributed by atoms with Crippen molar-refractivity contribution in [1.29, 1.82) is 5.26 Å². The number of hydrogen-bond acceptors (Lipinski definition) is 6.